The summed E-state index contributed by atoms with van der Waals surface area (Å²) in [4.78, 5) is 26.6. The van der Waals surface area contributed by atoms with Crippen LogP contribution in [0.1, 0.15) is 220 Å². The fourth-order valence-corrected chi connectivity index (χ4v) is 8.94. The van der Waals surface area contributed by atoms with E-state index in [2.05, 4.69) is 99.0 Å². The molecule has 0 aromatic carbocycles. The van der Waals surface area contributed by atoms with Crippen LogP contribution < -0.4 is 5.32 Å². The number of hydrogen-bond donors (Lipinski definition) is 6. The predicted molar refractivity (Wildman–Crippen MR) is 337 cm³/mol. The van der Waals surface area contributed by atoms with Crippen molar-refractivity contribution in [3.63, 3.8) is 0 Å². The van der Waals surface area contributed by atoms with Crippen LogP contribution in [-0.2, 0) is 23.8 Å². The summed E-state index contributed by atoms with van der Waals surface area (Å²) in [5.41, 5.74) is 0. The van der Waals surface area contributed by atoms with E-state index in [1.54, 1.807) is 6.08 Å². The van der Waals surface area contributed by atoms with Crippen LogP contribution in [0.15, 0.2) is 146 Å². The Hall–Kier alpha value is -4.46. The molecule has 0 saturated carbocycles. The minimum absolute atomic E-state index is 0.0620. The van der Waals surface area contributed by atoms with Gasteiger partial charge in [0.05, 0.1) is 25.4 Å². The van der Waals surface area contributed by atoms with Gasteiger partial charge in [-0.25, -0.2) is 0 Å². The van der Waals surface area contributed by atoms with Gasteiger partial charge in [0.1, 0.15) is 24.4 Å². The number of amides is 1. The molecule has 8 unspecified atom stereocenters. The number of unbranched alkanes of at least 4 members (excludes halogenated alkanes) is 20. The molecule has 1 aliphatic heterocycles. The highest BCUT2D eigenvalue weighted by Gasteiger charge is 2.47. The number of aliphatic hydroxyl groups is 5. The minimum Gasteiger partial charge on any atom is -0.454 e. The smallest absolute Gasteiger partial charge is 0.306 e. The molecular weight excluding hydrogens is 1010 g/mol. The number of nitrogens with one attached hydrogen (secondary N) is 1. The van der Waals surface area contributed by atoms with Crippen LogP contribution in [0.2, 0.25) is 0 Å². The molecule has 81 heavy (non-hydrogen) atoms. The Morgan fingerprint density at radius 2 is 0.951 bits per heavy atom. The molecule has 0 radical (unpaired) electrons. The summed E-state index contributed by atoms with van der Waals surface area (Å²) in [7, 11) is 0. The Balaban J connectivity index is 2.72. The average Bonchev–Trinajstić information content (AvgIpc) is 3.46. The predicted octanol–water partition coefficient (Wildman–Crippen LogP) is 15.4. The normalized spacial score (nSPS) is 19.7. The molecule has 1 fully saturated rings. The van der Waals surface area contributed by atoms with Crippen molar-refractivity contribution in [1.82, 2.24) is 5.32 Å². The van der Waals surface area contributed by atoms with Crippen LogP contribution in [0.3, 0.4) is 0 Å². The molecule has 1 rings (SSSR count). The number of carbonyl (C=O) groups is 2. The summed E-state index contributed by atoms with van der Waals surface area (Å²) in [5, 5.41) is 57.0. The third-order valence-electron chi connectivity index (χ3n) is 13.9. The molecule has 0 aromatic heterocycles. The third-order valence-corrected chi connectivity index (χ3v) is 13.9. The van der Waals surface area contributed by atoms with Gasteiger partial charge in [-0.3, -0.25) is 9.59 Å². The first kappa shape index (κ1) is 74.6. The summed E-state index contributed by atoms with van der Waals surface area (Å²) in [5.74, 6) is -1.26. The van der Waals surface area contributed by atoms with Crippen LogP contribution in [-0.4, -0.2) is 99.6 Å². The zero-order valence-electron chi connectivity index (χ0n) is 50.6. The van der Waals surface area contributed by atoms with E-state index in [9.17, 15) is 35.1 Å². The number of rotatable bonds is 51. The maximum atomic E-state index is 13.5. The molecular formula is C70H113NO10. The van der Waals surface area contributed by atoms with E-state index >= 15 is 0 Å². The lowest BCUT2D eigenvalue weighted by Gasteiger charge is -2.41. The summed E-state index contributed by atoms with van der Waals surface area (Å²) < 4.78 is 17.6. The van der Waals surface area contributed by atoms with Gasteiger partial charge in [0, 0.05) is 6.42 Å². The Morgan fingerprint density at radius 3 is 1.48 bits per heavy atom. The molecule has 1 amide bonds. The molecule has 1 heterocycles. The first-order valence-electron chi connectivity index (χ1n) is 31.7. The van der Waals surface area contributed by atoms with Crippen molar-refractivity contribution in [2.75, 3.05) is 13.2 Å². The molecule has 0 spiro atoms. The first-order valence-corrected chi connectivity index (χ1v) is 31.7. The van der Waals surface area contributed by atoms with E-state index in [4.69, 9.17) is 14.2 Å². The fraction of sp³-hybridized carbons (Fsp3) is 0.629. The van der Waals surface area contributed by atoms with Gasteiger partial charge in [-0.2, -0.15) is 0 Å². The maximum Gasteiger partial charge on any atom is 0.306 e. The maximum absolute atomic E-state index is 13.5. The van der Waals surface area contributed by atoms with Crippen molar-refractivity contribution in [2.24, 2.45) is 0 Å². The quantitative estimate of drug-likeness (QED) is 0.0149. The fourth-order valence-electron chi connectivity index (χ4n) is 8.94. The summed E-state index contributed by atoms with van der Waals surface area (Å²) in [6.45, 7) is 5.49. The van der Waals surface area contributed by atoms with Crippen LogP contribution in [0.25, 0.3) is 0 Å². The Labute approximate surface area is 492 Å². The zero-order chi connectivity index (χ0) is 58.9. The van der Waals surface area contributed by atoms with E-state index in [0.717, 1.165) is 122 Å². The minimum atomic E-state index is -1.65. The van der Waals surface area contributed by atoms with Crippen molar-refractivity contribution in [3.05, 3.63) is 146 Å². The van der Waals surface area contributed by atoms with Crippen molar-refractivity contribution < 1.29 is 49.3 Å². The molecule has 458 valence electrons. The van der Waals surface area contributed by atoms with Gasteiger partial charge in [0.15, 0.2) is 12.4 Å². The largest absolute Gasteiger partial charge is 0.454 e. The second-order valence-electron chi connectivity index (χ2n) is 21.2. The second-order valence-corrected chi connectivity index (χ2v) is 21.2. The number of ether oxygens (including phenoxy) is 3. The highest BCUT2D eigenvalue weighted by Crippen LogP contribution is 2.26. The summed E-state index contributed by atoms with van der Waals surface area (Å²) in [6, 6.07) is -1.05. The van der Waals surface area contributed by atoms with Gasteiger partial charge < -0.3 is 45.1 Å². The van der Waals surface area contributed by atoms with Crippen molar-refractivity contribution >= 4 is 11.9 Å². The van der Waals surface area contributed by atoms with E-state index in [-0.39, 0.29) is 19.4 Å². The Kier molecular flexibility index (Phi) is 51.6. The van der Waals surface area contributed by atoms with Crippen molar-refractivity contribution in [2.45, 2.75) is 269 Å². The molecule has 8 atom stereocenters. The lowest BCUT2D eigenvalue weighted by atomic mass is 9.99. The van der Waals surface area contributed by atoms with Gasteiger partial charge in [-0.15, -0.1) is 0 Å². The molecule has 0 bridgehead atoms. The molecule has 1 saturated heterocycles. The topological polar surface area (TPSA) is 175 Å². The van der Waals surface area contributed by atoms with E-state index in [1.807, 2.05) is 66.8 Å². The van der Waals surface area contributed by atoms with Gasteiger partial charge in [0.25, 0.3) is 0 Å². The first-order chi connectivity index (χ1) is 39.7. The lowest BCUT2D eigenvalue weighted by molar-refractivity contribution is -0.305. The molecule has 6 N–H and O–H groups in total. The Morgan fingerprint density at radius 1 is 0.506 bits per heavy atom. The van der Waals surface area contributed by atoms with Gasteiger partial charge >= 0.3 is 5.97 Å². The average molecular weight is 1130 g/mol. The lowest BCUT2D eigenvalue weighted by Crippen LogP contribution is -2.61. The SMILES string of the molecule is CC\C=C/C=C/C=C/C=C\C=C\C=C\CCCCCC(=O)OC1C(OCC(NC(=O)C(O)CCCCCCCC/C=C\C/C=C\C/C=C\C/C=C\C/C=C\CC)C(O)/C=C/CCCCCCCCCCCCC)OC(CO)C(O)C1O. The van der Waals surface area contributed by atoms with Crippen molar-refractivity contribution in [1.29, 1.82) is 0 Å². The Bertz CT molecular complexity index is 1870. The standard InChI is InChI=1S/C70H113NO10/c1-4-7-10-13-16-19-22-25-27-29-30-31-32-33-35-36-39-42-45-48-51-54-57-63(74)69(78)71-61(62(73)56-53-50-47-44-41-38-24-21-18-15-12-9-6-3)60-79-70-68(67(77)66(76)64(59-72)80-70)81-65(75)58-55-52-49-46-43-40-37-34-28-26-23-20-17-14-11-8-5-2/h7-8,10-11,14,16-17,19-20,23,25-28,30-31,33-35,37,40,43,53,56,61-64,66-68,70,72-74,76-77H,4-6,9,12-13,15,18,21-22,24,29,32,36,38-39,41-42,44-52,54-55,57-60H2,1-3H3,(H,71,78)/b10-7-,11-8-,17-14+,19-16-,23-20+,27-25-,28-26-,31-30-,35-33-,37-34+,43-40+,56-53+. The second kappa shape index (κ2) is 56.0. The number of esters is 1. The van der Waals surface area contributed by atoms with Crippen LogP contribution in [0.5, 0.6) is 0 Å². The van der Waals surface area contributed by atoms with E-state index in [1.165, 1.54) is 51.4 Å². The zero-order valence-corrected chi connectivity index (χ0v) is 50.6. The monoisotopic (exact) mass is 1130 g/mol. The van der Waals surface area contributed by atoms with Crippen LogP contribution in [0, 0.1) is 0 Å². The number of hydrogen-bond acceptors (Lipinski definition) is 10. The van der Waals surface area contributed by atoms with Gasteiger partial charge in [-0.05, 0) is 89.9 Å². The highest BCUT2D eigenvalue weighted by atomic mass is 16.7. The molecule has 11 heteroatoms. The van der Waals surface area contributed by atoms with Gasteiger partial charge in [-0.1, -0.05) is 269 Å². The number of allylic oxidation sites excluding steroid dienone is 23. The van der Waals surface area contributed by atoms with Crippen LogP contribution >= 0.6 is 0 Å². The molecule has 0 aromatic rings. The van der Waals surface area contributed by atoms with Crippen molar-refractivity contribution in [3.8, 4) is 0 Å². The number of aliphatic hydroxyl groups excluding tert-OH is 5. The third kappa shape index (κ3) is 43.8. The molecule has 11 nitrogen and oxygen atoms in total. The number of carbonyl (C=O) groups excluding carboxylic acids is 2. The molecule has 1 aliphatic rings. The summed E-state index contributed by atoms with van der Waals surface area (Å²) in [6.07, 6.45) is 70.1. The van der Waals surface area contributed by atoms with E-state index < -0.39 is 67.4 Å². The van der Waals surface area contributed by atoms with E-state index in [0.29, 0.717) is 12.8 Å². The van der Waals surface area contributed by atoms with Crippen LogP contribution in [0.4, 0.5) is 0 Å². The summed E-state index contributed by atoms with van der Waals surface area (Å²) >= 11 is 0. The molecule has 0 aliphatic carbocycles. The van der Waals surface area contributed by atoms with Gasteiger partial charge in [0.2, 0.25) is 5.91 Å². The highest BCUT2D eigenvalue weighted by molar-refractivity contribution is 5.80.